The van der Waals surface area contributed by atoms with Gasteiger partial charge in [-0.2, -0.15) is 0 Å². The molecule has 2 rings (SSSR count). The molecule has 0 aromatic heterocycles. The molecule has 2 nitrogen and oxygen atoms in total. The van der Waals surface area contributed by atoms with E-state index in [1.54, 1.807) is 0 Å². The van der Waals surface area contributed by atoms with Crippen molar-refractivity contribution in [2.75, 3.05) is 6.54 Å². The van der Waals surface area contributed by atoms with Gasteiger partial charge in [0.15, 0.2) is 5.78 Å². The average molecular weight is 203 g/mol. The number of aryl methyl sites for hydroxylation is 2. The van der Waals surface area contributed by atoms with Crippen molar-refractivity contribution in [1.82, 2.24) is 5.32 Å². The minimum Gasteiger partial charge on any atom is -0.307 e. The number of carbonyl (C=O) groups is 1. The van der Waals surface area contributed by atoms with Crippen LogP contribution in [-0.2, 0) is 0 Å². The van der Waals surface area contributed by atoms with Crippen molar-refractivity contribution in [3.63, 3.8) is 0 Å². The highest BCUT2D eigenvalue weighted by Gasteiger charge is 2.21. The molecular formula is C13H17NO. The van der Waals surface area contributed by atoms with E-state index in [1.165, 1.54) is 24.0 Å². The molecule has 0 saturated heterocycles. The number of hydrogen-bond donors (Lipinski definition) is 1. The van der Waals surface area contributed by atoms with Gasteiger partial charge in [0.05, 0.1) is 6.54 Å². The second-order valence-electron chi connectivity index (χ2n) is 4.38. The summed E-state index contributed by atoms with van der Waals surface area (Å²) in [6.07, 6.45) is 2.44. The van der Waals surface area contributed by atoms with Gasteiger partial charge in [-0.25, -0.2) is 0 Å². The van der Waals surface area contributed by atoms with E-state index >= 15 is 0 Å². The second kappa shape index (κ2) is 4.15. The van der Waals surface area contributed by atoms with Crippen LogP contribution >= 0.6 is 0 Å². The van der Waals surface area contributed by atoms with Crippen LogP contribution in [0.4, 0.5) is 0 Å². The summed E-state index contributed by atoms with van der Waals surface area (Å²) in [6, 6.07) is 6.51. The third-order valence-electron chi connectivity index (χ3n) is 2.96. The molecule has 80 valence electrons. The Morgan fingerprint density at radius 3 is 2.67 bits per heavy atom. The number of carbonyl (C=O) groups excluding carboxylic acids is 1. The predicted molar refractivity (Wildman–Crippen MR) is 61.3 cm³/mol. The van der Waals surface area contributed by atoms with Gasteiger partial charge in [0.2, 0.25) is 0 Å². The molecule has 1 aliphatic rings. The lowest BCUT2D eigenvalue weighted by atomic mass is 10.0. The molecular weight excluding hydrogens is 186 g/mol. The molecule has 2 heteroatoms. The Kier molecular flexibility index (Phi) is 2.87. The van der Waals surface area contributed by atoms with Crippen LogP contribution < -0.4 is 5.32 Å². The molecule has 1 fully saturated rings. The molecule has 15 heavy (non-hydrogen) atoms. The summed E-state index contributed by atoms with van der Waals surface area (Å²) in [5.41, 5.74) is 3.25. The molecule has 1 saturated carbocycles. The maximum Gasteiger partial charge on any atom is 0.176 e. The predicted octanol–water partition coefficient (Wildman–Crippen LogP) is 2.24. The van der Waals surface area contributed by atoms with Crippen molar-refractivity contribution in [1.29, 1.82) is 0 Å². The molecule has 0 spiro atoms. The summed E-state index contributed by atoms with van der Waals surface area (Å²) >= 11 is 0. The fourth-order valence-corrected chi connectivity index (χ4v) is 1.54. The Morgan fingerprint density at radius 1 is 1.33 bits per heavy atom. The lowest BCUT2D eigenvalue weighted by molar-refractivity contribution is 0.0990. The maximum absolute atomic E-state index is 11.8. The molecule has 0 bridgehead atoms. The first-order chi connectivity index (χ1) is 7.16. The molecule has 1 N–H and O–H groups in total. The summed E-state index contributed by atoms with van der Waals surface area (Å²) in [7, 11) is 0. The van der Waals surface area contributed by atoms with Crippen LogP contribution in [0, 0.1) is 13.8 Å². The normalized spacial score (nSPS) is 15.3. The van der Waals surface area contributed by atoms with E-state index in [-0.39, 0.29) is 5.78 Å². The molecule has 0 atom stereocenters. The molecule has 0 unspecified atom stereocenters. The first-order valence-corrected chi connectivity index (χ1v) is 5.50. The number of Topliss-reactive ketones (excluding diaryl/α,β-unsaturated/α-hetero) is 1. The van der Waals surface area contributed by atoms with Crippen molar-refractivity contribution in [2.24, 2.45) is 0 Å². The van der Waals surface area contributed by atoms with Gasteiger partial charge in [0, 0.05) is 11.6 Å². The molecule has 0 amide bonds. The highest BCUT2D eigenvalue weighted by atomic mass is 16.1. The van der Waals surface area contributed by atoms with E-state index in [1.807, 2.05) is 25.1 Å². The summed E-state index contributed by atoms with van der Waals surface area (Å²) in [6.45, 7) is 4.58. The zero-order chi connectivity index (χ0) is 10.8. The van der Waals surface area contributed by atoms with Crippen LogP contribution in [0.3, 0.4) is 0 Å². The first-order valence-electron chi connectivity index (χ1n) is 5.50. The Morgan fingerprint density at radius 2 is 2.07 bits per heavy atom. The lowest BCUT2D eigenvalue weighted by Crippen LogP contribution is -2.24. The summed E-state index contributed by atoms with van der Waals surface area (Å²) in [5.74, 6) is 0.199. The third kappa shape index (κ3) is 2.66. The van der Waals surface area contributed by atoms with Crippen molar-refractivity contribution in [3.8, 4) is 0 Å². The largest absolute Gasteiger partial charge is 0.307 e. The average Bonchev–Trinajstić information content (AvgIpc) is 3.02. The van der Waals surface area contributed by atoms with E-state index in [4.69, 9.17) is 0 Å². The second-order valence-corrected chi connectivity index (χ2v) is 4.38. The molecule has 1 aromatic carbocycles. The van der Waals surface area contributed by atoms with Gasteiger partial charge in [-0.3, -0.25) is 4.79 Å². The van der Waals surface area contributed by atoms with Crippen LogP contribution in [-0.4, -0.2) is 18.4 Å². The van der Waals surface area contributed by atoms with Gasteiger partial charge < -0.3 is 5.32 Å². The van der Waals surface area contributed by atoms with Crippen LogP contribution in [0.5, 0.6) is 0 Å². The van der Waals surface area contributed by atoms with Crippen LogP contribution in [0.2, 0.25) is 0 Å². The zero-order valence-electron chi connectivity index (χ0n) is 9.34. The minimum atomic E-state index is 0.199. The monoisotopic (exact) mass is 203 g/mol. The first kappa shape index (κ1) is 10.4. The zero-order valence-corrected chi connectivity index (χ0v) is 9.34. The topological polar surface area (TPSA) is 29.1 Å². The van der Waals surface area contributed by atoms with E-state index < -0.39 is 0 Å². The van der Waals surface area contributed by atoms with E-state index in [2.05, 4.69) is 12.2 Å². The van der Waals surface area contributed by atoms with Crippen LogP contribution in [0.15, 0.2) is 18.2 Å². The standard InChI is InChI=1S/C13H17NO/c1-9-3-4-11(7-10(9)2)13(15)8-14-12-5-6-12/h3-4,7,12,14H,5-6,8H2,1-2H3. The number of hydrogen-bond acceptors (Lipinski definition) is 2. The number of ketones is 1. The fraction of sp³-hybridized carbons (Fsp3) is 0.462. The number of rotatable bonds is 4. The van der Waals surface area contributed by atoms with Crippen molar-refractivity contribution >= 4 is 5.78 Å². The van der Waals surface area contributed by atoms with E-state index in [9.17, 15) is 4.79 Å². The van der Waals surface area contributed by atoms with E-state index in [0.717, 1.165) is 5.56 Å². The van der Waals surface area contributed by atoms with Crippen molar-refractivity contribution in [2.45, 2.75) is 32.7 Å². The Hall–Kier alpha value is -1.15. The third-order valence-corrected chi connectivity index (χ3v) is 2.96. The number of nitrogens with one attached hydrogen (secondary N) is 1. The number of benzene rings is 1. The summed E-state index contributed by atoms with van der Waals surface area (Å²) in [5, 5.41) is 3.24. The molecule has 0 heterocycles. The van der Waals surface area contributed by atoms with Gasteiger partial charge in [-0.1, -0.05) is 12.1 Å². The Labute approximate surface area is 90.7 Å². The van der Waals surface area contributed by atoms with Crippen LogP contribution in [0.1, 0.15) is 34.3 Å². The Balaban J connectivity index is 2.00. The summed E-state index contributed by atoms with van der Waals surface area (Å²) < 4.78 is 0. The highest BCUT2D eigenvalue weighted by molar-refractivity contribution is 5.97. The molecule has 1 aliphatic carbocycles. The van der Waals surface area contributed by atoms with Gasteiger partial charge in [0.25, 0.3) is 0 Å². The fourth-order valence-electron chi connectivity index (χ4n) is 1.54. The quantitative estimate of drug-likeness (QED) is 0.760. The van der Waals surface area contributed by atoms with Crippen molar-refractivity contribution < 1.29 is 4.79 Å². The van der Waals surface area contributed by atoms with Crippen molar-refractivity contribution in [3.05, 3.63) is 34.9 Å². The Bertz CT molecular complexity index is 380. The van der Waals surface area contributed by atoms with Gasteiger partial charge >= 0.3 is 0 Å². The maximum atomic E-state index is 11.8. The highest BCUT2D eigenvalue weighted by Crippen LogP contribution is 2.18. The smallest absolute Gasteiger partial charge is 0.176 e. The molecule has 0 radical (unpaired) electrons. The lowest BCUT2D eigenvalue weighted by Gasteiger charge is -2.05. The van der Waals surface area contributed by atoms with Gasteiger partial charge in [-0.05, 0) is 43.9 Å². The minimum absolute atomic E-state index is 0.199. The summed E-state index contributed by atoms with van der Waals surface area (Å²) in [4.78, 5) is 11.8. The SMILES string of the molecule is Cc1ccc(C(=O)CNC2CC2)cc1C. The van der Waals surface area contributed by atoms with Gasteiger partial charge in [0.1, 0.15) is 0 Å². The van der Waals surface area contributed by atoms with Gasteiger partial charge in [-0.15, -0.1) is 0 Å². The van der Waals surface area contributed by atoms with E-state index in [0.29, 0.717) is 12.6 Å². The molecule has 1 aromatic rings. The molecule has 0 aliphatic heterocycles. The van der Waals surface area contributed by atoms with Crippen LogP contribution in [0.25, 0.3) is 0 Å².